The first kappa shape index (κ1) is 34.4. The third-order valence-electron chi connectivity index (χ3n) is 6.34. The number of sulfonamides is 1. The lowest BCUT2D eigenvalue weighted by Gasteiger charge is -2.19. The molecule has 1 aromatic heterocycles. The van der Waals surface area contributed by atoms with Crippen molar-refractivity contribution in [3.8, 4) is 16.9 Å². The number of hydrogen-bond acceptors (Lipinski definition) is 7. The Morgan fingerprint density at radius 1 is 0.826 bits per heavy atom. The quantitative estimate of drug-likeness (QED) is 0.261. The Morgan fingerprint density at radius 3 is 1.98 bits per heavy atom. The van der Waals surface area contributed by atoms with Crippen LogP contribution >= 0.6 is 0 Å². The molecule has 1 amide bonds. The molecule has 0 spiro atoms. The Labute approximate surface area is 258 Å². The molecule has 0 radical (unpaired) electrons. The van der Waals surface area contributed by atoms with Gasteiger partial charge in [-0.05, 0) is 61.5 Å². The molecule has 3 aromatic carbocycles. The minimum Gasteiger partial charge on any atom is -0.286 e. The third kappa shape index (κ3) is 8.00. The number of carbonyl (C=O) groups excluding carboxylic acids is 1. The highest BCUT2D eigenvalue weighted by Crippen LogP contribution is 2.34. The van der Waals surface area contributed by atoms with Gasteiger partial charge in [-0.1, -0.05) is 35.9 Å². The predicted molar refractivity (Wildman–Crippen MR) is 153 cm³/mol. The van der Waals surface area contributed by atoms with Crippen LogP contribution in [0.15, 0.2) is 101 Å². The number of primary sulfonamides is 1. The lowest BCUT2D eigenvalue weighted by molar-refractivity contribution is -0.141. The molecular formula is C28H23F6N5O5S2. The molecule has 4 aromatic rings. The summed E-state index contributed by atoms with van der Waals surface area (Å²) in [7, 11) is -7.98. The maximum absolute atomic E-state index is 13.1. The van der Waals surface area contributed by atoms with Gasteiger partial charge in [-0.3, -0.25) is 10.2 Å². The van der Waals surface area contributed by atoms with E-state index in [0.29, 0.717) is 11.6 Å². The van der Waals surface area contributed by atoms with E-state index in [2.05, 4.69) is 16.0 Å². The molecule has 18 heteroatoms. The van der Waals surface area contributed by atoms with Crippen molar-refractivity contribution in [1.82, 2.24) is 20.6 Å². The lowest BCUT2D eigenvalue weighted by atomic mass is 10.1. The van der Waals surface area contributed by atoms with Crippen molar-refractivity contribution in [2.45, 2.75) is 34.4 Å². The molecule has 1 unspecified atom stereocenters. The summed E-state index contributed by atoms with van der Waals surface area (Å²) < 4.78 is 125. The van der Waals surface area contributed by atoms with Gasteiger partial charge >= 0.3 is 12.4 Å². The Bertz CT molecular complexity index is 1990. The maximum Gasteiger partial charge on any atom is 0.435 e. The number of nitrogens with one attached hydrogen (secondary N) is 2. The summed E-state index contributed by atoms with van der Waals surface area (Å²) in [6.07, 6.45) is -7.18. The molecule has 46 heavy (non-hydrogen) atoms. The Kier molecular flexibility index (Phi) is 9.49. The molecule has 0 saturated heterocycles. The van der Waals surface area contributed by atoms with Gasteiger partial charge in [0.05, 0.1) is 26.7 Å². The highest BCUT2D eigenvalue weighted by molar-refractivity contribution is 7.92. The first-order chi connectivity index (χ1) is 21.3. The van der Waals surface area contributed by atoms with E-state index in [1.54, 1.807) is 24.3 Å². The van der Waals surface area contributed by atoms with Crippen LogP contribution in [0.2, 0.25) is 0 Å². The fourth-order valence-corrected chi connectivity index (χ4v) is 5.87. The van der Waals surface area contributed by atoms with E-state index < -0.39 is 59.6 Å². The highest BCUT2D eigenvalue weighted by atomic mass is 32.2. The molecule has 0 saturated carbocycles. The summed E-state index contributed by atoms with van der Waals surface area (Å²) in [6.45, 7) is 1.87. The van der Waals surface area contributed by atoms with E-state index in [1.165, 1.54) is 24.3 Å². The van der Waals surface area contributed by atoms with Gasteiger partial charge in [0.15, 0.2) is 20.9 Å². The van der Waals surface area contributed by atoms with E-state index in [4.69, 9.17) is 5.14 Å². The van der Waals surface area contributed by atoms with Crippen molar-refractivity contribution < 1.29 is 48.0 Å². The van der Waals surface area contributed by atoms with Crippen LogP contribution in [0.1, 0.15) is 16.8 Å². The molecule has 2 heterocycles. The number of aromatic nitrogens is 2. The van der Waals surface area contributed by atoms with Crippen molar-refractivity contribution >= 4 is 25.8 Å². The van der Waals surface area contributed by atoms with Crippen LogP contribution in [0.4, 0.5) is 26.3 Å². The van der Waals surface area contributed by atoms with Gasteiger partial charge in [0.2, 0.25) is 10.0 Å². The molecule has 4 N–H and O–H groups in total. The summed E-state index contributed by atoms with van der Waals surface area (Å²) in [5.74, 6) is -0.541. The summed E-state index contributed by atoms with van der Waals surface area (Å²) in [5.41, 5.74) is 4.23. The second-order valence-corrected chi connectivity index (χ2v) is 13.3. The van der Waals surface area contributed by atoms with E-state index in [1.807, 2.05) is 6.92 Å². The van der Waals surface area contributed by atoms with Gasteiger partial charge < -0.3 is 0 Å². The normalized spacial score (nSPS) is 15.6. The minimum atomic E-state index is -4.63. The molecule has 10 nitrogen and oxygen atoms in total. The summed E-state index contributed by atoms with van der Waals surface area (Å²) in [4.78, 5) is 10.2. The van der Waals surface area contributed by atoms with Gasteiger partial charge in [-0.2, -0.15) is 31.4 Å². The number of benzene rings is 3. The van der Waals surface area contributed by atoms with Gasteiger partial charge in [-0.25, -0.2) is 32.1 Å². The van der Waals surface area contributed by atoms with Crippen LogP contribution in [0.25, 0.3) is 16.9 Å². The van der Waals surface area contributed by atoms with E-state index >= 15 is 0 Å². The number of rotatable bonds is 5. The highest BCUT2D eigenvalue weighted by Gasteiger charge is 2.36. The average Bonchev–Trinajstić information content (AvgIpc) is 3.44. The second kappa shape index (κ2) is 12.7. The Morgan fingerprint density at radius 2 is 1.46 bits per heavy atom. The van der Waals surface area contributed by atoms with E-state index in [0.717, 1.165) is 46.7 Å². The molecule has 1 aliphatic rings. The number of sulfone groups is 1. The monoisotopic (exact) mass is 687 g/mol. The fourth-order valence-electron chi connectivity index (χ4n) is 4.01. The average molecular weight is 688 g/mol. The number of nitrogens with zero attached hydrogens (tertiary/aromatic N) is 2. The third-order valence-corrected chi connectivity index (χ3v) is 9.12. The SMILES string of the molecule is Cc1ccc(-c2cc(C(F)(F)F)nn2-c2ccc(S(N)(=O)=O)cc2)cc1.O=C1C=CC(S(=O)(=O)c2cccc(C(F)(F)F)c2)NN1. The Hall–Kier alpha value is -4.52. The zero-order valence-corrected chi connectivity index (χ0v) is 25.0. The molecule has 0 aliphatic carbocycles. The minimum absolute atomic E-state index is 0.138. The molecule has 244 valence electrons. The van der Waals surface area contributed by atoms with Crippen LogP contribution in [-0.2, 0) is 37.0 Å². The van der Waals surface area contributed by atoms with Crippen molar-refractivity contribution in [1.29, 1.82) is 0 Å². The van der Waals surface area contributed by atoms with Crippen LogP contribution < -0.4 is 16.0 Å². The number of amides is 1. The molecule has 0 fully saturated rings. The fraction of sp³-hybridized carbons (Fsp3) is 0.143. The van der Waals surface area contributed by atoms with Crippen molar-refractivity contribution in [2.24, 2.45) is 5.14 Å². The van der Waals surface area contributed by atoms with E-state index in [-0.39, 0.29) is 16.3 Å². The van der Waals surface area contributed by atoms with Gasteiger partial charge in [0.25, 0.3) is 5.91 Å². The molecule has 5 rings (SSSR count). The summed E-state index contributed by atoms with van der Waals surface area (Å²) in [5, 5.41) is 7.38. The largest absolute Gasteiger partial charge is 0.435 e. The zero-order chi connectivity index (χ0) is 34.1. The van der Waals surface area contributed by atoms with Crippen LogP contribution in [-0.4, -0.2) is 37.9 Å². The zero-order valence-electron chi connectivity index (χ0n) is 23.3. The number of alkyl halides is 6. The number of hydrogen-bond donors (Lipinski definition) is 3. The van der Waals surface area contributed by atoms with E-state index in [9.17, 15) is 48.0 Å². The number of aryl methyl sites for hydroxylation is 1. The Balaban J connectivity index is 0.000000216. The first-order valence-electron chi connectivity index (χ1n) is 12.8. The maximum atomic E-state index is 13.1. The number of halogens is 6. The molecule has 1 aliphatic heterocycles. The van der Waals surface area contributed by atoms with Gasteiger partial charge in [0.1, 0.15) is 0 Å². The molecule has 0 bridgehead atoms. The number of hydrazine groups is 1. The first-order valence-corrected chi connectivity index (χ1v) is 15.9. The number of nitrogens with two attached hydrogens (primary N) is 1. The van der Waals surface area contributed by atoms with Crippen molar-refractivity contribution in [3.05, 3.63) is 108 Å². The standard InChI is InChI=1S/C17H14F3N3O2S.C11H9F3N2O3S/c1-11-2-4-12(5-3-11)15-10-16(17(18,19)20)22-23(15)13-6-8-14(9-7-13)26(21,24)25;12-11(13,14)7-2-1-3-8(6-7)20(18,19)10-5-4-9(17)15-16-10/h2-10H,1H3,(H2,21,24,25);1-6,10,16H,(H,15,17). The predicted octanol–water partition coefficient (Wildman–Crippen LogP) is 4.51. The van der Waals surface area contributed by atoms with Gasteiger partial charge in [0, 0.05) is 11.6 Å². The smallest absolute Gasteiger partial charge is 0.286 e. The summed E-state index contributed by atoms with van der Waals surface area (Å²) >= 11 is 0. The lowest BCUT2D eigenvalue weighted by Crippen LogP contribution is -2.49. The number of carbonyl (C=O) groups is 1. The van der Waals surface area contributed by atoms with Gasteiger partial charge in [-0.15, -0.1) is 0 Å². The van der Waals surface area contributed by atoms with Crippen LogP contribution in [0.5, 0.6) is 0 Å². The van der Waals surface area contributed by atoms with Crippen molar-refractivity contribution in [3.63, 3.8) is 0 Å². The van der Waals surface area contributed by atoms with Crippen LogP contribution in [0.3, 0.4) is 0 Å². The van der Waals surface area contributed by atoms with Crippen molar-refractivity contribution in [2.75, 3.05) is 0 Å². The summed E-state index contributed by atoms with van der Waals surface area (Å²) in [6, 6.07) is 16.5. The van der Waals surface area contributed by atoms with Crippen LogP contribution in [0, 0.1) is 6.92 Å². The molecule has 1 atom stereocenters. The molecular weight excluding hydrogens is 664 g/mol. The topological polar surface area (TPSA) is 153 Å². The second-order valence-electron chi connectivity index (χ2n) is 9.71.